The molecule has 0 unspecified atom stereocenters. The van der Waals surface area contributed by atoms with Crippen LogP contribution < -0.4 is 9.47 Å². The van der Waals surface area contributed by atoms with Gasteiger partial charge in [0.25, 0.3) is 0 Å². The number of esters is 2. The van der Waals surface area contributed by atoms with Gasteiger partial charge in [-0.1, -0.05) is 55.6 Å². The molecule has 0 spiro atoms. The Hall–Kier alpha value is -4.59. The molecule has 0 saturated heterocycles. The van der Waals surface area contributed by atoms with Crippen molar-refractivity contribution in [1.29, 1.82) is 0 Å². The van der Waals surface area contributed by atoms with Crippen molar-refractivity contribution in [2.24, 2.45) is 0 Å². The van der Waals surface area contributed by atoms with Crippen LogP contribution in [0, 0.1) is 0 Å². The van der Waals surface area contributed by atoms with Gasteiger partial charge in [-0.05, 0) is 60.4 Å². The third-order valence-electron chi connectivity index (χ3n) is 5.02. The molecule has 3 rings (SSSR count). The molecule has 3 aromatic carbocycles. The summed E-state index contributed by atoms with van der Waals surface area (Å²) < 4.78 is 56.4. The van der Waals surface area contributed by atoms with Gasteiger partial charge in [0.15, 0.2) is 0 Å². The minimum atomic E-state index is -4.66. The molecule has 0 aliphatic carbocycles. The largest absolute Gasteiger partial charge is 0.462 e. The summed E-state index contributed by atoms with van der Waals surface area (Å²) in [6, 6.07) is 16.9. The predicted molar refractivity (Wildman–Crippen MR) is 133 cm³/mol. The van der Waals surface area contributed by atoms with E-state index in [1.165, 1.54) is 32.2 Å². The standard InChI is InChI=1S/C29H23F3O5/c1-18(2)27(33)36-16-15-35-23-11-9-21(10-12-23)20-5-7-22(8-6-20)25-14-13-24(37-28(34)19(3)4)17-26(25)29(30,31)32/h5-17H,1,3H2,2,4H3/b16-15-. The van der Waals surface area contributed by atoms with E-state index in [-0.39, 0.29) is 22.5 Å². The Balaban J connectivity index is 1.77. The lowest BCUT2D eigenvalue weighted by Crippen LogP contribution is -2.11. The first-order chi connectivity index (χ1) is 17.5. The molecule has 8 heteroatoms. The first-order valence-electron chi connectivity index (χ1n) is 10.9. The maximum Gasteiger partial charge on any atom is 0.417 e. The summed E-state index contributed by atoms with van der Waals surface area (Å²) in [5, 5.41) is 0. The van der Waals surface area contributed by atoms with Crippen molar-refractivity contribution >= 4 is 11.9 Å². The van der Waals surface area contributed by atoms with Gasteiger partial charge >= 0.3 is 18.1 Å². The van der Waals surface area contributed by atoms with Crippen LogP contribution in [-0.4, -0.2) is 11.9 Å². The van der Waals surface area contributed by atoms with Gasteiger partial charge in [-0.2, -0.15) is 13.2 Å². The molecule has 0 fully saturated rings. The van der Waals surface area contributed by atoms with Crippen molar-refractivity contribution in [2.45, 2.75) is 20.0 Å². The first kappa shape index (κ1) is 27.0. The molecule has 0 saturated carbocycles. The SMILES string of the molecule is C=C(C)C(=O)O/C=C\Oc1ccc(-c2ccc(-c3ccc(OC(=O)C(=C)C)cc3C(F)(F)F)cc2)cc1. The van der Waals surface area contributed by atoms with E-state index in [1.54, 1.807) is 48.5 Å². The van der Waals surface area contributed by atoms with E-state index < -0.39 is 23.7 Å². The summed E-state index contributed by atoms with van der Waals surface area (Å²) in [5.41, 5.74) is 1.32. The zero-order valence-electron chi connectivity index (χ0n) is 20.1. The number of halogens is 3. The summed E-state index contributed by atoms with van der Waals surface area (Å²) in [6.07, 6.45) is -2.34. The van der Waals surface area contributed by atoms with E-state index in [1.807, 2.05) is 0 Å². The lowest BCUT2D eigenvalue weighted by atomic mass is 9.96. The van der Waals surface area contributed by atoms with Crippen LogP contribution in [0.25, 0.3) is 22.3 Å². The van der Waals surface area contributed by atoms with E-state index in [9.17, 15) is 22.8 Å². The maximum absolute atomic E-state index is 13.8. The highest BCUT2D eigenvalue weighted by molar-refractivity contribution is 5.89. The number of carbonyl (C=O) groups is 2. The van der Waals surface area contributed by atoms with Crippen molar-refractivity contribution in [3.8, 4) is 33.8 Å². The van der Waals surface area contributed by atoms with Gasteiger partial charge in [0.05, 0.1) is 5.56 Å². The Kier molecular flexibility index (Phi) is 8.34. The fraction of sp³-hybridized carbons (Fsp3) is 0.103. The van der Waals surface area contributed by atoms with E-state index in [2.05, 4.69) is 13.2 Å². The highest BCUT2D eigenvalue weighted by Gasteiger charge is 2.34. The van der Waals surface area contributed by atoms with Crippen molar-refractivity contribution in [3.63, 3.8) is 0 Å². The topological polar surface area (TPSA) is 61.8 Å². The molecular formula is C29H23F3O5. The second-order valence-corrected chi connectivity index (χ2v) is 8.05. The minimum Gasteiger partial charge on any atom is -0.462 e. The highest BCUT2D eigenvalue weighted by atomic mass is 19.4. The lowest BCUT2D eigenvalue weighted by Gasteiger charge is -2.15. The third-order valence-corrected chi connectivity index (χ3v) is 5.02. The number of hydrogen-bond donors (Lipinski definition) is 0. The minimum absolute atomic E-state index is 0.0444. The second kappa shape index (κ2) is 11.4. The van der Waals surface area contributed by atoms with Crippen molar-refractivity contribution < 1.29 is 37.0 Å². The third kappa shape index (κ3) is 7.20. The normalized spacial score (nSPS) is 11.2. The first-order valence-corrected chi connectivity index (χ1v) is 10.9. The molecule has 0 N–H and O–H groups in total. The highest BCUT2D eigenvalue weighted by Crippen LogP contribution is 2.39. The monoisotopic (exact) mass is 508 g/mol. The smallest absolute Gasteiger partial charge is 0.417 e. The average Bonchev–Trinajstić information content (AvgIpc) is 2.86. The van der Waals surface area contributed by atoms with Crippen molar-refractivity contribution in [3.05, 3.63) is 109 Å². The fourth-order valence-corrected chi connectivity index (χ4v) is 3.13. The molecule has 0 aromatic heterocycles. The molecule has 0 radical (unpaired) electrons. The van der Waals surface area contributed by atoms with E-state index in [0.29, 0.717) is 11.3 Å². The molecule has 5 nitrogen and oxygen atoms in total. The van der Waals surface area contributed by atoms with Gasteiger partial charge in [-0.15, -0.1) is 0 Å². The van der Waals surface area contributed by atoms with Crippen LogP contribution in [0.15, 0.2) is 104 Å². The Morgan fingerprint density at radius 3 is 1.78 bits per heavy atom. The van der Waals surface area contributed by atoms with Crippen LogP contribution in [0.5, 0.6) is 11.5 Å². The van der Waals surface area contributed by atoms with Crippen molar-refractivity contribution in [1.82, 2.24) is 0 Å². The Bertz CT molecular complexity index is 1350. The van der Waals surface area contributed by atoms with E-state index in [0.717, 1.165) is 23.5 Å². The van der Waals surface area contributed by atoms with Gasteiger partial charge in [0, 0.05) is 11.1 Å². The number of rotatable bonds is 8. The second-order valence-electron chi connectivity index (χ2n) is 8.05. The van der Waals surface area contributed by atoms with Crippen LogP contribution in [0.3, 0.4) is 0 Å². The molecule has 0 bridgehead atoms. The van der Waals surface area contributed by atoms with E-state index >= 15 is 0 Å². The molecular weight excluding hydrogens is 485 g/mol. The fourth-order valence-electron chi connectivity index (χ4n) is 3.13. The summed E-state index contributed by atoms with van der Waals surface area (Å²) in [6.45, 7) is 9.83. The number of alkyl halides is 3. The van der Waals surface area contributed by atoms with Gasteiger partial charge < -0.3 is 14.2 Å². The Morgan fingerprint density at radius 2 is 1.24 bits per heavy atom. The molecule has 0 atom stereocenters. The van der Waals surface area contributed by atoms with E-state index in [4.69, 9.17) is 14.2 Å². The number of ether oxygens (including phenoxy) is 3. The van der Waals surface area contributed by atoms with Crippen LogP contribution >= 0.6 is 0 Å². The Morgan fingerprint density at radius 1 is 0.730 bits per heavy atom. The zero-order chi connectivity index (χ0) is 27.2. The summed E-state index contributed by atoms with van der Waals surface area (Å²) in [7, 11) is 0. The van der Waals surface area contributed by atoms with Crippen LogP contribution in [-0.2, 0) is 20.5 Å². The molecule has 0 amide bonds. The predicted octanol–water partition coefficient (Wildman–Crippen LogP) is 7.49. The quantitative estimate of drug-likeness (QED) is 0.137. The molecule has 190 valence electrons. The molecule has 37 heavy (non-hydrogen) atoms. The Labute approximate surface area is 212 Å². The molecule has 0 aliphatic rings. The zero-order valence-corrected chi connectivity index (χ0v) is 20.1. The lowest BCUT2D eigenvalue weighted by molar-refractivity contribution is -0.138. The summed E-state index contributed by atoms with van der Waals surface area (Å²) in [4.78, 5) is 23.0. The summed E-state index contributed by atoms with van der Waals surface area (Å²) in [5.74, 6) is -1.09. The van der Waals surface area contributed by atoms with Gasteiger partial charge in [0.2, 0.25) is 0 Å². The number of carbonyl (C=O) groups excluding carboxylic acids is 2. The average molecular weight is 508 g/mol. The number of hydrogen-bond acceptors (Lipinski definition) is 5. The number of benzene rings is 3. The van der Waals surface area contributed by atoms with Crippen LogP contribution in [0.4, 0.5) is 13.2 Å². The molecule has 0 heterocycles. The van der Waals surface area contributed by atoms with Gasteiger partial charge in [-0.25, -0.2) is 9.59 Å². The van der Waals surface area contributed by atoms with Gasteiger partial charge in [-0.3, -0.25) is 0 Å². The van der Waals surface area contributed by atoms with Gasteiger partial charge in [0.1, 0.15) is 24.0 Å². The van der Waals surface area contributed by atoms with Crippen molar-refractivity contribution in [2.75, 3.05) is 0 Å². The molecule has 0 aliphatic heterocycles. The maximum atomic E-state index is 13.8. The van der Waals surface area contributed by atoms with Crippen LogP contribution in [0.1, 0.15) is 19.4 Å². The van der Waals surface area contributed by atoms with Crippen LogP contribution in [0.2, 0.25) is 0 Å². The summed E-state index contributed by atoms with van der Waals surface area (Å²) >= 11 is 0. The molecule has 3 aromatic rings.